The highest BCUT2D eigenvalue weighted by Gasteiger charge is 2.18. The van der Waals surface area contributed by atoms with Gasteiger partial charge in [0.05, 0.1) is 8.49 Å². The maximum atomic E-state index is 13.3. The number of anilines is 1. The molecule has 0 aliphatic carbocycles. The molecule has 0 aromatic heterocycles. The first-order valence-electron chi connectivity index (χ1n) is 4.79. The largest absolute Gasteiger partial charge is 0.376 e. The van der Waals surface area contributed by atoms with E-state index in [9.17, 15) is 14.5 Å². The van der Waals surface area contributed by atoms with Crippen molar-refractivity contribution < 1.29 is 9.31 Å². The smallest absolute Gasteiger partial charge is 0.293 e. The van der Waals surface area contributed by atoms with Crippen LogP contribution in [0.4, 0.5) is 15.8 Å². The highest BCUT2D eigenvalue weighted by molar-refractivity contribution is 14.1. The molecule has 0 radical (unpaired) electrons. The third-order valence-corrected chi connectivity index (χ3v) is 2.89. The van der Waals surface area contributed by atoms with Gasteiger partial charge in [0.25, 0.3) is 5.69 Å². The molecular weight excluding hydrogens is 338 g/mol. The van der Waals surface area contributed by atoms with Crippen molar-refractivity contribution in [2.75, 3.05) is 5.32 Å². The van der Waals surface area contributed by atoms with Crippen molar-refractivity contribution in [3.63, 3.8) is 0 Å². The van der Waals surface area contributed by atoms with Crippen LogP contribution in [0.1, 0.15) is 13.3 Å². The van der Waals surface area contributed by atoms with Gasteiger partial charge in [-0.25, -0.2) is 4.39 Å². The SMILES string of the molecule is C#CCC(C)Nc1cc(F)c(I)cc1[N+](=O)[O-]. The molecule has 1 unspecified atom stereocenters. The van der Waals surface area contributed by atoms with Crippen molar-refractivity contribution in [3.8, 4) is 12.3 Å². The Kier molecular flexibility index (Phi) is 4.69. The number of rotatable bonds is 4. The number of nitro benzene ring substituents is 1. The molecule has 0 spiro atoms. The molecule has 6 heteroatoms. The van der Waals surface area contributed by atoms with Crippen LogP contribution >= 0.6 is 22.6 Å². The number of nitro groups is 1. The van der Waals surface area contributed by atoms with Crippen LogP contribution in [0.5, 0.6) is 0 Å². The van der Waals surface area contributed by atoms with Gasteiger partial charge < -0.3 is 5.32 Å². The Bertz CT molecular complexity index is 485. The molecule has 1 rings (SSSR count). The number of benzene rings is 1. The standard InChI is InChI=1S/C11H10FIN2O2/c1-3-4-7(2)14-10-5-8(12)9(13)6-11(10)15(16)17/h1,5-7,14H,4H2,2H3. The lowest BCUT2D eigenvalue weighted by molar-refractivity contribution is -0.384. The number of nitrogens with zero attached hydrogens (tertiary/aromatic N) is 1. The first-order chi connectivity index (χ1) is 7.95. The topological polar surface area (TPSA) is 55.2 Å². The minimum absolute atomic E-state index is 0.149. The predicted molar refractivity (Wildman–Crippen MR) is 72.3 cm³/mol. The lowest BCUT2D eigenvalue weighted by atomic mass is 10.2. The van der Waals surface area contributed by atoms with Crippen LogP contribution in [-0.2, 0) is 0 Å². The van der Waals surface area contributed by atoms with E-state index in [1.807, 2.05) is 0 Å². The molecule has 0 saturated heterocycles. The summed E-state index contributed by atoms with van der Waals surface area (Å²) in [5, 5.41) is 13.7. The van der Waals surface area contributed by atoms with Crippen LogP contribution in [0.25, 0.3) is 0 Å². The van der Waals surface area contributed by atoms with E-state index >= 15 is 0 Å². The number of terminal acetylenes is 1. The van der Waals surface area contributed by atoms with E-state index in [2.05, 4.69) is 11.2 Å². The zero-order valence-corrected chi connectivity index (χ0v) is 11.2. The third-order valence-electron chi connectivity index (χ3n) is 2.06. The highest BCUT2D eigenvalue weighted by atomic mass is 127. The van der Waals surface area contributed by atoms with Gasteiger partial charge in [-0.15, -0.1) is 12.3 Å². The molecule has 90 valence electrons. The monoisotopic (exact) mass is 348 g/mol. The Morgan fingerprint density at radius 1 is 1.71 bits per heavy atom. The van der Waals surface area contributed by atoms with Crippen LogP contribution < -0.4 is 5.32 Å². The van der Waals surface area contributed by atoms with E-state index in [0.29, 0.717) is 6.42 Å². The number of halogens is 2. The summed E-state index contributed by atoms with van der Waals surface area (Å²) >= 11 is 1.71. The van der Waals surface area contributed by atoms with E-state index in [1.165, 1.54) is 6.07 Å². The van der Waals surface area contributed by atoms with Crippen LogP contribution in [0.15, 0.2) is 12.1 Å². The number of hydrogen-bond acceptors (Lipinski definition) is 3. The summed E-state index contributed by atoms with van der Waals surface area (Å²) in [6.07, 6.45) is 5.54. The molecule has 0 heterocycles. The fourth-order valence-electron chi connectivity index (χ4n) is 1.30. The number of nitrogens with one attached hydrogen (secondary N) is 1. The van der Waals surface area contributed by atoms with E-state index in [0.717, 1.165) is 6.07 Å². The van der Waals surface area contributed by atoms with Gasteiger partial charge in [-0.1, -0.05) is 0 Å². The van der Waals surface area contributed by atoms with Crippen molar-refractivity contribution in [2.45, 2.75) is 19.4 Å². The Morgan fingerprint density at radius 3 is 2.88 bits per heavy atom. The van der Waals surface area contributed by atoms with Crippen LogP contribution in [0.3, 0.4) is 0 Å². The fourth-order valence-corrected chi connectivity index (χ4v) is 1.75. The summed E-state index contributed by atoms with van der Waals surface area (Å²) < 4.78 is 13.6. The molecule has 0 amide bonds. The van der Waals surface area contributed by atoms with E-state index in [1.54, 1.807) is 29.5 Å². The van der Waals surface area contributed by atoms with E-state index in [4.69, 9.17) is 6.42 Å². The van der Waals surface area contributed by atoms with Gasteiger partial charge in [0, 0.05) is 24.6 Å². The minimum Gasteiger partial charge on any atom is -0.376 e. The summed E-state index contributed by atoms with van der Waals surface area (Å²) in [7, 11) is 0. The van der Waals surface area contributed by atoms with E-state index in [-0.39, 0.29) is 21.0 Å². The Hall–Kier alpha value is -1.36. The van der Waals surface area contributed by atoms with Gasteiger partial charge >= 0.3 is 0 Å². The maximum Gasteiger partial charge on any atom is 0.293 e. The molecule has 0 saturated carbocycles. The normalized spacial score (nSPS) is 11.6. The van der Waals surface area contributed by atoms with Crippen molar-refractivity contribution in [1.82, 2.24) is 0 Å². The average molecular weight is 348 g/mol. The molecule has 1 N–H and O–H groups in total. The quantitative estimate of drug-likeness (QED) is 0.394. The van der Waals surface area contributed by atoms with E-state index < -0.39 is 10.7 Å². The lowest BCUT2D eigenvalue weighted by Crippen LogP contribution is -2.15. The van der Waals surface area contributed by atoms with Gasteiger partial charge in [0.2, 0.25) is 0 Å². The van der Waals surface area contributed by atoms with Crippen molar-refractivity contribution in [1.29, 1.82) is 0 Å². The summed E-state index contributed by atoms with van der Waals surface area (Å²) in [4.78, 5) is 10.3. The molecule has 0 aliphatic heterocycles. The second-order valence-corrected chi connectivity index (χ2v) is 4.66. The van der Waals surface area contributed by atoms with Crippen molar-refractivity contribution >= 4 is 34.0 Å². The molecule has 4 nitrogen and oxygen atoms in total. The molecule has 0 fully saturated rings. The summed E-state index contributed by atoms with van der Waals surface area (Å²) in [6.45, 7) is 1.78. The predicted octanol–water partition coefficient (Wildman–Crippen LogP) is 3.16. The zero-order chi connectivity index (χ0) is 13.0. The van der Waals surface area contributed by atoms with Crippen molar-refractivity contribution in [2.24, 2.45) is 0 Å². The summed E-state index contributed by atoms with van der Waals surface area (Å²) in [6, 6.07) is 2.16. The first-order valence-corrected chi connectivity index (χ1v) is 5.87. The molecular formula is C11H10FIN2O2. The second-order valence-electron chi connectivity index (χ2n) is 3.49. The average Bonchev–Trinajstić information content (AvgIpc) is 2.23. The van der Waals surface area contributed by atoms with Gasteiger partial charge in [-0.2, -0.15) is 0 Å². The third kappa shape index (κ3) is 3.56. The maximum absolute atomic E-state index is 13.3. The fraction of sp³-hybridized carbons (Fsp3) is 0.273. The molecule has 17 heavy (non-hydrogen) atoms. The highest BCUT2D eigenvalue weighted by Crippen LogP contribution is 2.29. The Balaban J connectivity index is 3.09. The van der Waals surface area contributed by atoms with Gasteiger partial charge in [-0.3, -0.25) is 10.1 Å². The van der Waals surface area contributed by atoms with Crippen LogP contribution in [0, 0.1) is 31.8 Å². The molecule has 1 atom stereocenters. The van der Waals surface area contributed by atoms with Gasteiger partial charge in [0.1, 0.15) is 11.5 Å². The Morgan fingerprint density at radius 2 is 2.35 bits per heavy atom. The summed E-state index contributed by atoms with van der Waals surface area (Å²) in [5.41, 5.74) is -0.00432. The Labute approximate surface area is 112 Å². The molecule has 0 aliphatic rings. The van der Waals surface area contributed by atoms with Gasteiger partial charge in [-0.05, 0) is 29.5 Å². The molecule has 1 aromatic carbocycles. The lowest BCUT2D eigenvalue weighted by Gasteiger charge is -2.13. The first kappa shape index (κ1) is 13.7. The molecule has 0 bridgehead atoms. The minimum atomic E-state index is -0.549. The van der Waals surface area contributed by atoms with Crippen molar-refractivity contribution in [3.05, 3.63) is 31.6 Å². The number of hydrogen-bond donors (Lipinski definition) is 1. The summed E-state index contributed by atoms with van der Waals surface area (Å²) in [5.74, 6) is 1.94. The molecule has 1 aromatic rings. The van der Waals surface area contributed by atoms with Gasteiger partial charge in [0.15, 0.2) is 0 Å². The zero-order valence-electron chi connectivity index (χ0n) is 9.04. The second kappa shape index (κ2) is 5.82. The van der Waals surface area contributed by atoms with Crippen LogP contribution in [-0.4, -0.2) is 11.0 Å². The van der Waals surface area contributed by atoms with Crippen LogP contribution in [0.2, 0.25) is 0 Å².